The van der Waals surface area contributed by atoms with Crippen LogP contribution in [0, 0.1) is 0 Å². The molecule has 5 nitrogen and oxygen atoms in total. The number of carbonyl (C=O) groups is 1. The molecule has 0 atom stereocenters. The van der Waals surface area contributed by atoms with Crippen LogP contribution in [0.25, 0.3) is 0 Å². The van der Waals surface area contributed by atoms with Gasteiger partial charge in [-0.25, -0.2) is 4.79 Å². The van der Waals surface area contributed by atoms with E-state index in [0.29, 0.717) is 5.56 Å². The van der Waals surface area contributed by atoms with Crippen LogP contribution in [0.5, 0.6) is 5.75 Å². The molecule has 2 rings (SSSR count). The number of hydrogen-bond donors (Lipinski definition) is 1. The van der Waals surface area contributed by atoms with Crippen molar-refractivity contribution in [1.29, 1.82) is 0 Å². The zero-order chi connectivity index (χ0) is 16.7. The van der Waals surface area contributed by atoms with Gasteiger partial charge in [-0.05, 0) is 23.6 Å². The summed E-state index contributed by atoms with van der Waals surface area (Å²) in [6.07, 6.45) is 0.864. The van der Waals surface area contributed by atoms with Crippen LogP contribution in [0.1, 0.15) is 23.6 Å². The molecule has 0 aliphatic heterocycles. The fourth-order valence-corrected chi connectivity index (χ4v) is 2.26. The SMILES string of the molecule is CCc1ccccc1OCc1ccccc1/C(=N\OC)C(=O)O. The molecule has 0 fully saturated rings. The van der Waals surface area contributed by atoms with Crippen molar-refractivity contribution in [2.24, 2.45) is 5.16 Å². The number of rotatable bonds is 7. The van der Waals surface area contributed by atoms with Crippen molar-refractivity contribution in [2.75, 3.05) is 7.11 Å². The van der Waals surface area contributed by atoms with Crippen molar-refractivity contribution in [3.05, 3.63) is 65.2 Å². The second-order valence-corrected chi connectivity index (χ2v) is 4.83. The second kappa shape index (κ2) is 7.98. The molecule has 0 saturated heterocycles. The Hall–Kier alpha value is -2.82. The monoisotopic (exact) mass is 313 g/mol. The van der Waals surface area contributed by atoms with Crippen LogP contribution in [0.3, 0.4) is 0 Å². The molecular formula is C18H19NO4. The van der Waals surface area contributed by atoms with Crippen molar-refractivity contribution in [3.8, 4) is 5.75 Å². The highest BCUT2D eigenvalue weighted by atomic mass is 16.6. The maximum atomic E-state index is 11.4. The van der Waals surface area contributed by atoms with Gasteiger partial charge in [0.1, 0.15) is 19.5 Å². The summed E-state index contributed by atoms with van der Waals surface area (Å²) in [5.41, 5.74) is 2.18. The molecule has 0 bridgehead atoms. The molecule has 0 aliphatic carbocycles. The van der Waals surface area contributed by atoms with Crippen LogP contribution < -0.4 is 4.74 Å². The Bertz CT molecular complexity index is 710. The third-order valence-electron chi connectivity index (χ3n) is 3.39. The van der Waals surface area contributed by atoms with E-state index in [0.717, 1.165) is 23.3 Å². The standard InChI is InChI=1S/C18H19NO4/c1-3-13-8-5-7-11-16(13)23-12-14-9-4-6-10-15(14)17(18(20)21)19-22-2/h4-11H,3,12H2,1-2H3,(H,20,21)/b19-17+. The average Bonchev–Trinajstić information content (AvgIpc) is 2.58. The summed E-state index contributed by atoms with van der Waals surface area (Å²) in [6, 6.07) is 14.9. The summed E-state index contributed by atoms with van der Waals surface area (Å²) >= 11 is 0. The summed E-state index contributed by atoms with van der Waals surface area (Å²) in [6.45, 7) is 2.31. The molecule has 120 valence electrons. The highest BCUT2D eigenvalue weighted by Gasteiger charge is 2.17. The third kappa shape index (κ3) is 4.10. The van der Waals surface area contributed by atoms with E-state index < -0.39 is 5.97 Å². The van der Waals surface area contributed by atoms with Gasteiger partial charge < -0.3 is 14.7 Å². The van der Waals surface area contributed by atoms with E-state index in [9.17, 15) is 9.90 Å². The number of oxime groups is 1. The molecule has 0 amide bonds. The maximum Gasteiger partial charge on any atom is 0.358 e. The van der Waals surface area contributed by atoms with Crippen LogP contribution >= 0.6 is 0 Å². The summed E-state index contributed by atoms with van der Waals surface area (Å²) in [4.78, 5) is 16.0. The van der Waals surface area contributed by atoms with Gasteiger partial charge in [0.15, 0.2) is 5.71 Å². The minimum Gasteiger partial charge on any atom is -0.489 e. The average molecular weight is 313 g/mol. The number of aliphatic carboxylic acids is 1. The molecule has 23 heavy (non-hydrogen) atoms. The largest absolute Gasteiger partial charge is 0.489 e. The highest BCUT2D eigenvalue weighted by molar-refractivity contribution is 6.42. The molecule has 0 aliphatic rings. The number of carboxylic acid groups (broad SMARTS) is 1. The Morgan fingerprint density at radius 1 is 1.09 bits per heavy atom. The van der Waals surface area contributed by atoms with Gasteiger partial charge in [-0.3, -0.25) is 0 Å². The minimum atomic E-state index is -1.15. The second-order valence-electron chi connectivity index (χ2n) is 4.83. The summed E-state index contributed by atoms with van der Waals surface area (Å²) in [7, 11) is 1.32. The molecule has 0 unspecified atom stereocenters. The Balaban J connectivity index is 2.27. The number of hydrogen-bond acceptors (Lipinski definition) is 4. The number of ether oxygens (including phenoxy) is 1. The van der Waals surface area contributed by atoms with Crippen molar-refractivity contribution >= 4 is 11.7 Å². The van der Waals surface area contributed by atoms with Gasteiger partial charge in [0.2, 0.25) is 0 Å². The fourth-order valence-electron chi connectivity index (χ4n) is 2.26. The van der Waals surface area contributed by atoms with Gasteiger partial charge in [0, 0.05) is 5.56 Å². The van der Waals surface area contributed by atoms with E-state index in [1.807, 2.05) is 36.4 Å². The van der Waals surface area contributed by atoms with Crippen LogP contribution in [0.4, 0.5) is 0 Å². The van der Waals surface area contributed by atoms with E-state index in [1.165, 1.54) is 7.11 Å². The topological polar surface area (TPSA) is 68.1 Å². The first-order valence-corrected chi connectivity index (χ1v) is 7.30. The maximum absolute atomic E-state index is 11.4. The molecule has 0 saturated carbocycles. The molecule has 1 N–H and O–H groups in total. The molecule has 0 spiro atoms. The van der Waals surface area contributed by atoms with E-state index in [2.05, 4.69) is 16.9 Å². The molecule has 0 heterocycles. The lowest BCUT2D eigenvalue weighted by atomic mass is 10.0. The van der Waals surface area contributed by atoms with Crippen molar-refractivity contribution in [3.63, 3.8) is 0 Å². The predicted octanol–water partition coefficient (Wildman–Crippen LogP) is 3.26. The zero-order valence-electron chi connectivity index (χ0n) is 13.2. The smallest absolute Gasteiger partial charge is 0.358 e. The van der Waals surface area contributed by atoms with Crippen LogP contribution in [0.15, 0.2) is 53.7 Å². The van der Waals surface area contributed by atoms with Gasteiger partial charge in [-0.15, -0.1) is 0 Å². The van der Waals surface area contributed by atoms with Gasteiger partial charge in [0.05, 0.1) is 0 Å². The van der Waals surface area contributed by atoms with Gasteiger partial charge in [-0.1, -0.05) is 54.5 Å². The minimum absolute atomic E-state index is 0.143. The van der Waals surface area contributed by atoms with Crippen LogP contribution in [0.2, 0.25) is 0 Å². The third-order valence-corrected chi connectivity index (χ3v) is 3.39. The van der Waals surface area contributed by atoms with E-state index in [1.54, 1.807) is 12.1 Å². The normalized spacial score (nSPS) is 11.1. The lowest BCUT2D eigenvalue weighted by Gasteiger charge is -2.13. The first-order valence-electron chi connectivity index (χ1n) is 7.30. The Morgan fingerprint density at radius 3 is 2.39 bits per heavy atom. The molecule has 0 aromatic heterocycles. The van der Waals surface area contributed by atoms with Crippen molar-refractivity contribution in [2.45, 2.75) is 20.0 Å². The Morgan fingerprint density at radius 2 is 1.74 bits per heavy atom. The van der Waals surface area contributed by atoms with Gasteiger partial charge >= 0.3 is 5.97 Å². The van der Waals surface area contributed by atoms with Gasteiger partial charge in [0.25, 0.3) is 0 Å². The highest BCUT2D eigenvalue weighted by Crippen LogP contribution is 2.21. The summed E-state index contributed by atoms with van der Waals surface area (Å²) in [5.74, 6) is -0.349. The number of nitrogens with zero attached hydrogens (tertiary/aromatic N) is 1. The van der Waals surface area contributed by atoms with Gasteiger partial charge in [-0.2, -0.15) is 0 Å². The first-order chi connectivity index (χ1) is 11.2. The first kappa shape index (κ1) is 16.5. The van der Waals surface area contributed by atoms with Crippen molar-refractivity contribution in [1.82, 2.24) is 0 Å². The summed E-state index contributed by atoms with van der Waals surface area (Å²) in [5, 5.41) is 12.9. The van der Waals surface area contributed by atoms with Crippen LogP contribution in [-0.2, 0) is 22.7 Å². The van der Waals surface area contributed by atoms with Crippen LogP contribution in [-0.4, -0.2) is 23.9 Å². The Labute approximate surface area is 135 Å². The number of aryl methyl sites for hydroxylation is 1. The quantitative estimate of drug-likeness (QED) is 0.629. The molecule has 0 radical (unpaired) electrons. The number of para-hydroxylation sites is 1. The van der Waals surface area contributed by atoms with Crippen molar-refractivity contribution < 1.29 is 19.5 Å². The van der Waals surface area contributed by atoms with E-state index in [4.69, 9.17) is 4.74 Å². The lowest BCUT2D eigenvalue weighted by Crippen LogP contribution is -2.17. The predicted molar refractivity (Wildman–Crippen MR) is 87.8 cm³/mol. The molecule has 5 heteroatoms. The van der Waals surface area contributed by atoms with E-state index in [-0.39, 0.29) is 12.3 Å². The zero-order valence-corrected chi connectivity index (χ0v) is 13.2. The number of carboxylic acids is 1. The summed E-state index contributed by atoms with van der Waals surface area (Å²) < 4.78 is 5.87. The lowest BCUT2D eigenvalue weighted by molar-refractivity contribution is -0.129. The molecular weight excluding hydrogens is 294 g/mol. The van der Waals surface area contributed by atoms with E-state index >= 15 is 0 Å². The molecule has 2 aromatic rings. The Kier molecular flexibility index (Phi) is 5.74. The number of benzene rings is 2. The molecule has 2 aromatic carbocycles. The fraction of sp³-hybridized carbons (Fsp3) is 0.222.